The Morgan fingerprint density at radius 1 is 1.34 bits per heavy atom. The molecular weight excluding hydrogens is 392 g/mol. The maximum absolute atomic E-state index is 13.0. The second-order valence-electron chi connectivity index (χ2n) is 7.22. The average Bonchev–Trinajstić information content (AvgIpc) is 2.71. The molecule has 0 radical (unpaired) electrons. The highest BCUT2D eigenvalue weighted by Gasteiger charge is 2.27. The van der Waals surface area contributed by atoms with Crippen molar-refractivity contribution in [2.75, 3.05) is 29.9 Å². The van der Waals surface area contributed by atoms with E-state index in [1.54, 1.807) is 28.0 Å². The van der Waals surface area contributed by atoms with E-state index in [2.05, 4.69) is 10.3 Å². The second-order valence-corrected chi connectivity index (χ2v) is 7.66. The van der Waals surface area contributed by atoms with Gasteiger partial charge in [-0.1, -0.05) is 23.7 Å². The Bertz CT molecular complexity index is 886. The molecular formula is C21H25ClN4O3. The molecule has 0 atom stereocenters. The van der Waals surface area contributed by atoms with E-state index in [-0.39, 0.29) is 31.0 Å². The van der Waals surface area contributed by atoms with Crippen LogP contribution in [-0.4, -0.2) is 52.5 Å². The predicted octanol–water partition coefficient (Wildman–Crippen LogP) is 2.93. The molecule has 0 aliphatic carbocycles. The zero-order valence-corrected chi connectivity index (χ0v) is 17.3. The molecule has 7 nitrogen and oxygen atoms in total. The van der Waals surface area contributed by atoms with Crippen LogP contribution in [0.25, 0.3) is 0 Å². The summed E-state index contributed by atoms with van der Waals surface area (Å²) in [5, 5.41) is 12.8. The fraction of sp³-hybridized carbons (Fsp3) is 0.381. The van der Waals surface area contributed by atoms with Gasteiger partial charge in [-0.15, -0.1) is 0 Å². The smallest absolute Gasteiger partial charge is 0.255 e. The van der Waals surface area contributed by atoms with Gasteiger partial charge in [-0.3, -0.25) is 9.59 Å². The average molecular weight is 417 g/mol. The van der Waals surface area contributed by atoms with E-state index in [0.29, 0.717) is 41.6 Å². The van der Waals surface area contributed by atoms with Crippen molar-refractivity contribution in [3.8, 4) is 0 Å². The number of aliphatic hydroxyl groups excluding tert-OH is 1. The molecule has 1 aromatic carbocycles. The molecule has 0 saturated carbocycles. The molecule has 0 spiro atoms. The van der Waals surface area contributed by atoms with E-state index in [1.165, 1.54) is 6.20 Å². The first-order chi connectivity index (χ1) is 13.9. The minimum absolute atomic E-state index is 0.0185. The highest BCUT2D eigenvalue weighted by molar-refractivity contribution is 6.30. The lowest BCUT2D eigenvalue weighted by atomic mass is 10.1. The van der Waals surface area contributed by atoms with Crippen molar-refractivity contribution in [1.82, 2.24) is 9.88 Å². The summed E-state index contributed by atoms with van der Waals surface area (Å²) in [6.45, 7) is 4.85. The molecule has 0 saturated heterocycles. The summed E-state index contributed by atoms with van der Waals surface area (Å²) in [4.78, 5) is 33.3. The molecule has 1 aliphatic rings. The number of nitrogens with one attached hydrogen (secondary N) is 1. The second kappa shape index (κ2) is 9.24. The predicted molar refractivity (Wildman–Crippen MR) is 113 cm³/mol. The molecule has 0 unspecified atom stereocenters. The maximum atomic E-state index is 13.0. The van der Waals surface area contributed by atoms with Gasteiger partial charge in [-0.2, -0.15) is 0 Å². The Hall–Kier alpha value is -2.64. The summed E-state index contributed by atoms with van der Waals surface area (Å²) in [6.07, 6.45) is 2.03. The van der Waals surface area contributed by atoms with Crippen LogP contribution in [0.5, 0.6) is 0 Å². The highest BCUT2D eigenvalue weighted by Crippen LogP contribution is 2.30. The van der Waals surface area contributed by atoms with Gasteiger partial charge in [-0.05, 0) is 44.0 Å². The third kappa shape index (κ3) is 4.86. The zero-order valence-electron chi connectivity index (χ0n) is 16.6. The standard InChI is InChI=1S/C21H25ClN4O3/c1-14(2)25(8-3-9-27)21(29)16-10-18-20(23-11-16)24-12-19(28)26(18)13-15-4-6-17(22)7-5-15/h4-7,10-11,14,27H,3,8-9,12-13H2,1-2H3,(H,23,24). The molecule has 1 aromatic heterocycles. The summed E-state index contributed by atoms with van der Waals surface area (Å²) in [5.74, 6) is 0.301. The van der Waals surface area contributed by atoms with Gasteiger partial charge in [0.2, 0.25) is 5.91 Å². The number of hydrogen-bond acceptors (Lipinski definition) is 5. The van der Waals surface area contributed by atoms with E-state index in [4.69, 9.17) is 16.7 Å². The minimum atomic E-state index is -0.173. The molecule has 0 fully saturated rings. The summed E-state index contributed by atoms with van der Waals surface area (Å²) in [6, 6.07) is 8.99. The number of aromatic nitrogens is 1. The number of halogens is 1. The fourth-order valence-corrected chi connectivity index (χ4v) is 3.37. The zero-order chi connectivity index (χ0) is 21.0. The highest BCUT2D eigenvalue weighted by atomic mass is 35.5. The van der Waals surface area contributed by atoms with E-state index in [0.717, 1.165) is 5.56 Å². The van der Waals surface area contributed by atoms with Crippen molar-refractivity contribution < 1.29 is 14.7 Å². The number of nitrogens with zero attached hydrogens (tertiary/aromatic N) is 3. The van der Waals surface area contributed by atoms with Gasteiger partial charge in [0, 0.05) is 30.4 Å². The van der Waals surface area contributed by atoms with Gasteiger partial charge in [-0.25, -0.2) is 4.98 Å². The van der Waals surface area contributed by atoms with Crippen LogP contribution in [0.2, 0.25) is 5.02 Å². The lowest BCUT2D eigenvalue weighted by Crippen LogP contribution is -2.41. The molecule has 2 heterocycles. The molecule has 2 aromatic rings. The Kier molecular flexibility index (Phi) is 6.71. The lowest BCUT2D eigenvalue weighted by molar-refractivity contribution is -0.117. The SMILES string of the molecule is CC(C)N(CCCO)C(=O)c1cnc2c(c1)N(Cc1ccc(Cl)cc1)C(=O)CN2. The molecule has 8 heteroatoms. The van der Waals surface area contributed by atoms with Gasteiger partial charge in [0.1, 0.15) is 0 Å². The quantitative estimate of drug-likeness (QED) is 0.724. The first-order valence-corrected chi connectivity index (χ1v) is 9.99. The summed E-state index contributed by atoms with van der Waals surface area (Å²) >= 11 is 5.95. The van der Waals surface area contributed by atoms with Crippen LogP contribution in [-0.2, 0) is 11.3 Å². The first-order valence-electron chi connectivity index (χ1n) is 9.61. The Balaban J connectivity index is 1.90. The van der Waals surface area contributed by atoms with Gasteiger partial charge in [0.25, 0.3) is 5.91 Å². The molecule has 154 valence electrons. The largest absolute Gasteiger partial charge is 0.396 e. The molecule has 2 N–H and O–H groups in total. The summed E-state index contributed by atoms with van der Waals surface area (Å²) in [5.41, 5.74) is 1.92. The van der Waals surface area contributed by atoms with Crippen molar-refractivity contribution in [3.63, 3.8) is 0 Å². The van der Waals surface area contributed by atoms with E-state index in [9.17, 15) is 9.59 Å². The number of carbonyl (C=O) groups excluding carboxylic acids is 2. The molecule has 2 amide bonds. The summed E-state index contributed by atoms with van der Waals surface area (Å²) < 4.78 is 0. The number of rotatable bonds is 7. The summed E-state index contributed by atoms with van der Waals surface area (Å²) in [7, 11) is 0. The van der Waals surface area contributed by atoms with Crippen molar-refractivity contribution in [3.05, 3.63) is 52.7 Å². The van der Waals surface area contributed by atoms with E-state index < -0.39 is 0 Å². The number of amides is 2. The number of carbonyl (C=O) groups is 2. The van der Waals surface area contributed by atoms with Crippen LogP contribution in [0.1, 0.15) is 36.2 Å². The number of benzene rings is 1. The van der Waals surface area contributed by atoms with Crippen molar-refractivity contribution >= 4 is 34.9 Å². The van der Waals surface area contributed by atoms with E-state index >= 15 is 0 Å². The number of fused-ring (bicyclic) bond motifs is 1. The number of aliphatic hydroxyl groups is 1. The van der Waals surface area contributed by atoms with Crippen LogP contribution in [0.15, 0.2) is 36.5 Å². The Labute approximate surface area is 175 Å². The molecule has 1 aliphatic heterocycles. The van der Waals surface area contributed by atoms with Gasteiger partial charge < -0.3 is 20.2 Å². The van der Waals surface area contributed by atoms with Crippen LogP contribution >= 0.6 is 11.6 Å². The first kappa shape index (κ1) is 21.1. The van der Waals surface area contributed by atoms with Crippen LogP contribution in [0, 0.1) is 0 Å². The van der Waals surface area contributed by atoms with E-state index in [1.807, 2.05) is 26.0 Å². The van der Waals surface area contributed by atoms with Crippen LogP contribution in [0.4, 0.5) is 11.5 Å². The molecule has 0 bridgehead atoms. The minimum Gasteiger partial charge on any atom is -0.396 e. The topological polar surface area (TPSA) is 85.8 Å². The van der Waals surface area contributed by atoms with Gasteiger partial charge >= 0.3 is 0 Å². The number of anilines is 2. The molecule has 29 heavy (non-hydrogen) atoms. The normalized spacial score (nSPS) is 13.3. The van der Waals surface area contributed by atoms with Crippen LogP contribution in [0.3, 0.4) is 0 Å². The van der Waals surface area contributed by atoms with Crippen molar-refractivity contribution in [1.29, 1.82) is 0 Å². The number of pyridine rings is 1. The monoisotopic (exact) mass is 416 g/mol. The van der Waals surface area contributed by atoms with Gasteiger partial charge in [0.15, 0.2) is 5.82 Å². The van der Waals surface area contributed by atoms with Gasteiger partial charge in [0.05, 0.1) is 24.3 Å². The fourth-order valence-electron chi connectivity index (χ4n) is 3.25. The number of hydrogen-bond donors (Lipinski definition) is 2. The third-order valence-corrected chi connectivity index (χ3v) is 5.06. The van der Waals surface area contributed by atoms with Crippen molar-refractivity contribution in [2.24, 2.45) is 0 Å². The maximum Gasteiger partial charge on any atom is 0.255 e. The Morgan fingerprint density at radius 3 is 2.72 bits per heavy atom. The van der Waals surface area contributed by atoms with Crippen molar-refractivity contribution in [2.45, 2.75) is 32.9 Å². The lowest BCUT2D eigenvalue weighted by Gasteiger charge is -2.31. The van der Waals surface area contributed by atoms with Crippen LogP contribution < -0.4 is 10.2 Å². The third-order valence-electron chi connectivity index (χ3n) is 4.81. The Morgan fingerprint density at radius 2 is 2.07 bits per heavy atom. The molecule has 3 rings (SSSR count).